The standard InChI is InChI=1S/C15H19N3O2S/c1-11-10-21-15(17-11)18-14(19)7-8-16-9-12-3-5-13(20-2)6-4-12/h3-6,10,16H,7-9H2,1-2H3,(H,17,18,19). The van der Waals surface area contributed by atoms with Crippen LogP contribution in [-0.4, -0.2) is 24.5 Å². The van der Waals surface area contributed by atoms with E-state index in [2.05, 4.69) is 15.6 Å². The summed E-state index contributed by atoms with van der Waals surface area (Å²) in [6.45, 7) is 3.26. The SMILES string of the molecule is COc1ccc(CNCCC(=O)Nc2nc(C)cs2)cc1. The van der Waals surface area contributed by atoms with Crippen LogP contribution in [0.2, 0.25) is 0 Å². The number of carbonyl (C=O) groups is 1. The van der Waals surface area contributed by atoms with Gasteiger partial charge in [-0.05, 0) is 24.6 Å². The molecule has 2 aromatic rings. The molecule has 0 unspecified atom stereocenters. The third kappa shape index (κ3) is 5.17. The highest BCUT2D eigenvalue weighted by molar-refractivity contribution is 7.13. The predicted octanol–water partition coefficient (Wildman–Crippen LogP) is 2.58. The number of hydrogen-bond donors (Lipinski definition) is 2. The van der Waals surface area contributed by atoms with E-state index in [0.717, 1.165) is 23.6 Å². The lowest BCUT2D eigenvalue weighted by Gasteiger charge is -2.06. The van der Waals surface area contributed by atoms with Crippen LogP contribution in [0, 0.1) is 6.92 Å². The van der Waals surface area contributed by atoms with E-state index in [1.54, 1.807) is 7.11 Å². The fraction of sp³-hybridized carbons (Fsp3) is 0.333. The maximum atomic E-state index is 11.7. The van der Waals surface area contributed by atoms with E-state index >= 15 is 0 Å². The minimum atomic E-state index is -0.0217. The molecular formula is C15H19N3O2S. The summed E-state index contributed by atoms with van der Waals surface area (Å²) in [5, 5.41) is 8.60. The van der Waals surface area contributed by atoms with Gasteiger partial charge in [0.05, 0.1) is 12.8 Å². The van der Waals surface area contributed by atoms with Gasteiger partial charge in [0.1, 0.15) is 5.75 Å². The lowest BCUT2D eigenvalue weighted by atomic mass is 10.2. The number of nitrogens with one attached hydrogen (secondary N) is 2. The molecule has 0 bridgehead atoms. The van der Waals surface area contributed by atoms with E-state index in [0.29, 0.717) is 18.1 Å². The first-order valence-electron chi connectivity index (χ1n) is 6.73. The minimum absolute atomic E-state index is 0.0217. The van der Waals surface area contributed by atoms with E-state index in [9.17, 15) is 4.79 Å². The monoisotopic (exact) mass is 305 g/mol. The number of thiazole rings is 1. The first kappa shape index (κ1) is 15.5. The fourth-order valence-corrected chi connectivity index (χ4v) is 2.48. The average molecular weight is 305 g/mol. The predicted molar refractivity (Wildman–Crippen MR) is 84.8 cm³/mol. The van der Waals surface area contributed by atoms with Crippen LogP contribution in [0.25, 0.3) is 0 Å². The highest BCUT2D eigenvalue weighted by atomic mass is 32.1. The van der Waals surface area contributed by atoms with Crippen LogP contribution in [0.5, 0.6) is 5.75 Å². The Labute approximate surface area is 128 Å². The van der Waals surface area contributed by atoms with Gasteiger partial charge in [-0.1, -0.05) is 12.1 Å². The normalized spacial score (nSPS) is 10.4. The molecule has 1 aromatic heterocycles. The fourth-order valence-electron chi connectivity index (χ4n) is 1.77. The lowest BCUT2D eigenvalue weighted by molar-refractivity contribution is -0.116. The lowest BCUT2D eigenvalue weighted by Crippen LogP contribution is -2.21. The molecule has 0 aliphatic heterocycles. The molecule has 0 fully saturated rings. The van der Waals surface area contributed by atoms with Crippen LogP contribution in [0.3, 0.4) is 0 Å². The zero-order valence-corrected chi connectivity index (χ0v) is 13.0. The van der Waals surface area contributed by atoms with E-state index < -0.39 is 0 Å². The van der Waals surface area contributed by atoms with E-state index in [-0.39, 0.29) is 5.91 Å². The van der Waals surface area contributed by atoms with Crippen molar-refractivity contribution >= 4 is 22.4 Å². The zero-order chi connectivity index (χ0) is 15.1. The smallest absolute Gasteiger partial charge is 0.227 e. The second-order valence-electron chi connectivity index (χ2n) is 4.62. The van der Waals surface area contributed by atoms with E-state index in [4.69, 9.17) is 4.74 Å². The molecule has 1 aromatic carbocycles. The molecule has 0 radical (unpaired) electrons. The Hall–Kier alpha value is -1.92. The number of benzene rings is 1. The molecule has 112 valence electrons. The first-order chi connectivity index (χ1) is 10.2. The van der Waals surface area contributed by atoms with Crippen LogP contribution < -0.4 is 15.4 Å². The number of methoxy groups -OCH3 is 1. The molecule has 5 nitrogen and oxygen atoms in total. The molecule has 0 saturated heterocycles. The molecular weight excluding hydrogens is 286 g/mol. The number of anilines is 1. The summed E-state index contributed by atoms with van der Waals surface area (Å²) in [7, 11) is 1.65. The molecule has 1 heterocycles. The van der Waals surface area contributed by atoms with Crippen molar-refractivity contribution in [3.8, 4) is 5.75 Å². The molecule has 0 saturated carbocycles. The number of ether oxygens (including phenoxy) is 1. The Bertz CT molecular complexity index is 581. The Morgan fingerprint density at radius 1 is 1.33 bits per heavy atom. The van der Waals surface area contributed by atoms with Gasteiger partial charge in [0.15, 0.2) is 5.13 Å². The second-order valence-corrected chi connectivity index (χ2v) is 5.48. The van der Waals surface area contributed by atoms with Crippen molar-refractivity contribution in [1.29, 1.82) is 0 Å². The Morgan fingerprint density at radius 2 is 2.10 bits per heavy atom. The maximum absolute atomic E-state index is 11.7. The van der Waals surface area contributed by atoms with E-state index in [1.807, 2.05) is 36.6 Å². The van der Waals surface area contributed by atoms with Crippen LogP contribution in [0.1, 0.15) is 17.7 Å². The largest absolute Gasteiger partial charge is 0.497 e. The summed E-state index contributed by atoms with van der Waals surface area (Å²) in [5.41, 5.74) is 2.08. The summed E-state index contributed by atoms with van der Waals surface area (Å²) in [4.78, 5) is 15.9. The molecule has 0 aliphatic carbocycles. The van der Waals surface area contributed by atoms with Crippen molar-refractivity contribution in [3.05, 3.63) is 40.9 Å². The summed E-state index contributed by atoms with van der Waals surface area (Å²) in [6, 6.07) is 7.86. The summed E-state index contributed by atoms with van der Waals surface area (Å²) < 4.78 is 5.11. The summed E-state index contributed by atoms with van der Waals surface area (Å²) >= 11 is 1.44. The van der Waals surface area contributed by atoms with Gasteiger partial charge in [-0.15, -0.1) is 11.3 Å². The molecule has 2 N–H and O–H groups in total. The van der Waals surface area contributed by atoms with Crippen molar-refractivity contribution in [1.82, 2.24) is 10.3 Å². The molecule has 0 spiro atoms. The van der Waals surface area contributed by atoms with Crippen LogP contribution in [-0.2, 0) is 11.3 Å². The number of nitrogens with zero attached hydrogens (tertiary/aromatic N) is 1. The number of hydrogen-bond acceptors (Lipinski definition) is 5. The number of amides is 1. The van der Waals surface area contributed by atoms with Gasteiger partial charge in [0, 0.05) is 24.9 Å². The van der Waals surface area contributed by atoms with Crippen molar-refractivity contribution < 1.29 is 9.53 Å². The van der Waals surface area contributed by atoms with Crippen LogP contribution in [0.4, 0.5) is 5.13 Å². The van der Waals surface area contributed by atoms with Crippen LogP contribution in [0.15, 0.2) is 29.6 Å². The minimum Gasteiger partial charge on any atom is -0.497 e. The number of carbonyl (C=O) groups excluding carboxylic acids is 1. The quantitative estimate of drug-likeness (QED) is 0.772. The third-order valence-corrected chi connectivity index (χ3v) is 3.76. The van der Waals surface area contributed by atoms with Crippen molar-refractivity contribution in [2.45, 2.75) is 19.9 Å². The Morgan fingerprint density at radius 3 is 2.71 bits per heavy atom. The molecule has 0 aliphatic rings. The molecule has 0 atom stereocenters. The molecule has 1 amide bonds. The van der Waals surface area contributed by atoms with Gasteiger partial charge in [-0.3, -0.25) is 4.79 Å². The first-order valence-corrected chi connectivity index (χ1v) is 7.61. The van der Waals surface area contributed by atoms with Gasteiger partial charge in [-0.25, -0.2) is 4.98 Å². The molecule has 6 heteroatoms. The Balaban J connectivity index is 1.65. The topological polar surface area (TPSA) is 63.2 Å². The van der Waals surface area contributed by atoms with Gasteiger partial charge < -0.3 is 15.4 Å². The van der Waals surface area contributed by atoms with Crippen molar-refractivity contribution in [3.63, 3.8) is 0 Å². The number of rotatable bonds is 7. The van der Waals surface area contributed by atoms with E-state index in [1.165, 1.54) is 11.3 Å². The molecule has 21 heavy (non-hydrogen) atoms. The second kappa shape index (κ2) is 7.75. The summed E-state index contributed by atoms with van der Waals surface area (Å²) in [5.74, 6) is 0.823. The van der Waals surface area contributed by atoms with Gasteiger partial charge in [0.2, 0.25) is 5.91 Å². The van der Waals surface area contributed by atoms with Gasteiger partial charge in [-0.2, -0.15) is 0 Å². The van der Waals surface area contributed by atoms with Gasteiger partial charge in [0.25, 0.3) is 0 Å². The van der Waals surface area contributed by atoms with Crippen molar-refractivity contribution in [2.75, 3.05) is 19.0 Å². The Kier molecular flexibility index (Phi) is 5.71. The molecule has 2 rings (SSSR count). The zero-order valence-electron chi connectivity index (χ0n) is 12.2. The van der Waals surface area contributed by atoms with Crippen LogP contribution >= 0.6 is 11.3 Å². The third-order valence-electron chi connectivity index (χ3n) is 2.88. The maximum Gasteiger partial charge on any atom is 0.227 e. The average Bonchev–Trinajstić information content (AvgIpc) is 2.89. The highest BCUT2D eigenvalue weighted by Gasteiger charge is 2.04. The van der Waals surface area contributed by atoms with Gasteiger partial charge >= 0.3 is 0 Å². The summed E-state index contributed by atoms with van der Waals surface area (Å²) in [6.07, 6.45) is 0.425. The number of aryl methyl sites for hydroxylation is 1. The highest BCUT2D eigenvalue weighted by Crippen LogP contribution is 2.14. The number of aromatic nitrogens is 1. The van der Waals surface area contributed by atoms with Crippen molar-refractivity contribution in [2.24, 2.45) is 0 Å².